The summed E-state index contributed by atoms with van der Waals surface area (Å²) >= 11 is 9.60. The van der Waals surface area contributed by atoms with E-state index in [1.165, 1.54) is 12.1 Å². The normalized spacial score (nSPS) is 11.5. The maximum absolute atomic E-state index is 13.7. The van der Waals surface area contributed by atoms with Crippen molar-refractivity contribution in [2.24, 2.45) is 0 Å². The standard InChI is InChI=1S/C32H28BrClF3NO3.ClH/c33-28-16-15-25(19-26(28)30(39)40)41-18-8-17-38-21-31(23-10-3-1-4-11-23,24-12-5-2-6-13-24)20-22-9-7-14-27(29(22)34)32(35,36)37;/h1-7,9-16,19,38H,8,17-18,20-21H2,(H,39,40);1H. The van der Waals surface area contributed by atoms with Crippen LogP contribution in [0, 0.1) is 0 Å². The van der Waals surface area contributed by atoms with Crippen molar-refractivity contribution in [3.05, 3.63) is 134 Å². The van der Waals surface area contributed by atoms with E-state index in [0.717, 1.165) is 17.2 Å². The Hall–Kier alpha value is -3.04. The maximum atomic E-state index is 13.7. The number of hydrogen-bond donors (Lipinski definition) is 2. The molecule has 4 rings (SSSR count). The molecule has 0 radical (unpaired) electrons. The molecule has 4 aromatic carbocycles. The number of benzene rings is 4. The summed E-state index contributed by atoms with van der Waals surface area (Å²) in [6.45, 7) is 1.33. The summed E-state index contributed by atoms with van der Waals surface area (Å²) in [5, 5.41) is 12.5. The lowest BCUT2D eigenvalue weighted by Gasteiger charge is -2.36. The predicted octanol–water partition coefficient (Wildman–Crippen LogP) is 8.83. The van der Waals surface area contributed by atoms with Crippen LogP contribution in [-0.2, 0) is 18.0 Å². The second kappa shape index (κ2) is 14.9. The number of carboxylic acids is 1. The molecule has 0 amide bonds. The molecule has 0 aromatic heterocycles. The molecule has 0 atom stereocenters. The van der Waals surface area contributed by atoms with E-state index >= 15 is 0 Å². The molecule has 0 fully saturated rings. The van der Waals surface area contributed by atoms with Crippen molar-refractivity contribution in [1.82, 2.24) is 5.32 Å². The van der Waals surface area contributed by atoms with Gasteiger partial charge in [-0.2, -0.15) is 13.2 Å². The van der Waals surface area contributed by atoms with Crippen LogP contribution in [0.5, 0.6) is 5.75 Å². The van der Waals surface area contributed by atoms with Crippen LogP contribution in [0.25, 0.3) is 0 Å². The van der Waals surface area contributed by atoms with Gasteiger partial charge >= 0.3 is 12.1 Å². The Morgan fingerprint density at radius 2 is 1.52 bits per heavy atom. The molecule has 0 bridgehead atoms. The third kappa shape index (κ3) is 8.07. The smallest absolute Gasteiger partial charge is 0.417 e. The molecule has 0 saturated heterocycles. The van der Waals surface area contributed by atoms with Crippen molar-refractivity contribution in [2.75, 3.05) is 19.7 Å². The lowest BCUT2D eigenvalue weighted by atomic mass is 9.70. The Morgan fingerprint density at radius 1 is 0.905 bits per heavy atom. The average molecular weight is 683 g/mol. The number of carboxylic acid groups (broad SMARTS) is 1. The molecule has 2 N–H and O–H groups in total. The summed E-state index contributed by atoms with van der Waals surface area (Å²) in [7, 11) is 0. The largest absolute Gasteiger partial charge is 0.494 e. The first kappa shape index (κ1) is 33.5. The van der Waals surface area contributed by atoms with Gasteiger partial charge in [0.25, 0.3) is 0 Å². The van der Waals surface area contributed by atoms with E-state index in [2.05, 4.69) is 21.2 Å². The minimum Gasteiger partial charge on any atom is -0.494 e. The quantitative estimate of drug-likeness (QED) is 0.147. The molecular formula is C32H29BrCl2F3NO3. The second-order valence-electron chi connectivity index (χ2n) is 9.59. The van der Waals surface area contributed by atoms with Crippen molar-refractivity contribution in [1.29, 1.82) is 0 Å². The van der Waals surface area contributed by atoms with E-state index in [4.69, 9.17) is 16.3 Å². The molecule has 0 aliphatic rings. The monoisotopic (exact) mass is 681 g/mol. The van der Waals surface area contributed by atoms with Gasteiger partial charge in [-0.05, 0) is 76.3 Å². The minimum atomic E-state index is -4.56. The molecule has 0 aliphatic carbocycles. The number of halogens is 6. The fraction of sp³-hybridized carbons (Fsp3) is 0.219. The Morgan fingerprint density at radius 3 is 2.10 bits per heavy atom. The fourth-order valence-corrected chi connectivity index (χ4v) is 5.58. The van der Waals surface area contributed by atoms with Crippen LogP contribution in [0.15, 0.2) is 102 Å². The summed E-state index contributed by atoms with van der Waals surface area (Å²) < 4.78 is 47.3. The summed E-state index contributed by atoms with van der Waals surface area (Å²) in [6.07, 6.45) is -3.71. The zero-order valence-electron chi connectivity index (χ0n) is 22.3. The highest BCUT2D eigenvalue weighted by molar-refractivity contribution is 9.10. The zero-order chi connectivity index (χ0) is 29.5. The molecule has 4 aromatic rings. The van der Waals surface area contributed by atoms with Gasteiger partial charge < -0.3 is 15.2 Å². The number of rotatable bonds is 12. The summed E-state index contributed by atoms with van der Waals surface area (Å²) in [4.78, 5) is 11.4. The Kier molecular flexibility index (Phi) is 11.9. The van der Waals surface area contributed by atoms with Crippen molar-refractivity contribution in [3.63, 3.8) is 0 Å². The van der Waals surface area contributed by atoms with E-state index < -0.39 is 23.1 Å². The maximum Gasteiger partial charge on any atom is 0.417 e. The van der Waals surface area contributed by atoms with Gasteiger partial charge in [0.1, 0.15) is 5.75 Å². The van der Waals surface area contributed by atoms with E-state index in [9.17, 15) is 23.1 Å². The number of carbonyl (C=O) groups is 1. The van der Waals surface area contributed by atoms with Gasteiger partial charge in [0.2, 0.25) is 0 Å². The molecule has 10 heteroatoms. The topological polar surface area (TPSA) is 58.6 Å². The minimum absolute atomic E-state index is 0. The highest BCUT2D eigenvalue weighted by Gasteiger charge is 2.38. The summed E-state index contributed by atoms with van der Waals surface area (Å²) in [5.41, 5.74) is 0.835. The Balaban J connectivity index is 0.00000484. The van der Waals surface area contributed by atoms with E-state index in [1.54, 1.807) is 18.2 Å². The van der Waals surface area contributed by atoms with Crippen LogP contribution in [0.1, 0.15) is 39.0 Å². The lowest BCUT2D eigenvalue weighted by Crippen LogP contribution is -2.42. The number of aromatic carboxylic acids is 1. The Labute approximate surface area is 262 Å². The van der Waals surface area contributed by atoms with Gasteiger partial charge in [0.15, 0.2) is 0 Å². The van der Waals surface area contributed by atoms with Gasteiger partial charge in [-0.25, -0.2) is 4.79 Å². The van der Waals surface area contributed by atoms with Crippen LogP contribution >= 0.6 is 39.9 Å². The third-order valence-electron chi connectivity index (χ3n) is 6.89. The van der Waals surface area contributed by atoms with Crippen LogP contribution in [0.4, 0.5) is 13.2 Å². The highest BCUT2D eigenvalue weighted by atomic mass is 79.9. The van der Waals surface area contributed by atoms with Crippen molar-refractivity contribution < 1.29 is 27.8 Å². The average Bonchev–Trinajstić information content (AvgIpc) is 2.96. The molecule has 0 spiro atoms. The van der Waals surface area contributed by atoms with E-state index in [0.29, 0.717) is 41.9 Å². The molecular weight excluding hydrogens is 654 g/mol. The number of alkyl halides is 3. The van der Waals surface area contributed by atoms with Crippen molar-refractivity contribution >= 4 is 45.9 Å². The van der Waals surface area contributed by atoms with Crippen LogP contribution in [0.3, 0.4) is 0 Å². The SMILES string of the molecule is Cl.O=C(O)c1cc(OCCCNCC(Cc2cccc(C(F)(F)F)c2Cl)(c2ccccc2)c2ccccc2)ccc1Br. The van der Waals surface area contributed by atoms with Gasteiger partial charge in [0.05, 0.1) is 22.8 Å². The lowest BCUT2D eigenvalue weighted by molar-refractivity contribution is -0.137. The van der Waals surface area contributed by atoms with E-state index in [1.807, 2.05) is 60.7 Å². The van der Waals surface area contributed by atoms with Gasteiger partial charge in [-0.3, -0.25) is 0 Å². The summed E-state index contributed by atoms with van der Waals surface area (Å²) in [6, 6.07) is 28.2. The second-order valence-corrected chi connectivity index (χ2v) is 10.8. The van der Waals surface area contributed by atoms with Gasteiger partial charge in [0, 0.05) is 16.4 Å². The number of ether oxygens (including phenoxy) is 1. The van der Waals surface area contributed by atoms with Crippen molar-refractivity contribution in [3.8, 4) is 5.75 Å². The Bertz CT molecular complexity index is 1430. The molecule has 0 aliphatic heterocycles. The van der Waals surface area contributed by atoms with Crippen LogP contribution in [0.2, 0.25) is 5.02 Å². The first-order valence-corrected chi connectivity index (χ1v) is 14.1. The first-order chi connectivity index (χ1) is 19.6. The molecule has 4 nitrogen and oxygen atoms in total. The third-order valence-corrected chi connectivity index (χ3v) is 8.03. The van der Waals surface area contributed by atoms with Crippen LogP contribution < -0.4 is 10.1 Å². The molecule has 0 saturated carbocycles. The fourth-order valence-electron chi connectivity index (χ4n) is 4.86. The predicted molar refractivity (Wildman–Crippen MR) is 165 cm³/mol. The molecule has 42 heavy (non-hydrogen) atoms. The number of hydrogen-bond acceptors (Lipinski definition) is 3. The van der Waals surface area contributed by atoms with E-state index in [-0.39, 0.29) is 29.4 Å². The van der Waals surface area contributed by atoms with Gasteiger partial charge in [-0.1, -0.05) is 84.4 Å². The van der Waals surface area contributed by atoms with Crippen LogP contribution in [-0.4, -0.2) is 30.8 Å². The molecule has 0 heterocycles. The molecule has 222 valence electrons. The molecule has 0 unspecified atom stereocenters. The zero-order valence-corrected chi connectivity index (χ0v) is 25.5. The van der Waals surface area contributed by atoms with Gasteiger partial charge in [-0.15, -0.1) is 12.4 Å². The highest BCUT2D eigenvalue weighted by Crippen LogP contribution is 2.41. The number of nitrogens with one attached hydrogen (secondary N) is 1. The first-order valence-electron chi connectivity index (χ1n) is 12.9. The van der Waals surface area contributed by atoms with Crippen molar-refractivity contribution in [2.45, 2.75) is 24.4 Å². The summed E-state index contributed by atoms with van der Waals surface area (Å²) in [5.74, 6) is -0.601.